The molecule has 1 amide bonds. The molecule has 0 N–H and O–H groups in total. The van der Waals surface area contributed by atoms with E-state index in [1.54, 1.807) is 10.8 Å². The molecule has 7 heteroatoms. The maximum atomic E-state index is 12.6. The highest BCUT2D eigenvalue weighted by Gasteiger charge is 2.24. The van der Waals surface area contributed by atoms with Crippen molar-refractivity contribution < 1.29 is 4.79 Å². The Labute approximate surface area is 148 Å². The molecule has 134 valence electrons. The summed E-state index contributed by atoms with van der Waals surface area (Å²) in [6, 6.07) is 0. The van der Waals surface area contributed by atoms with Crippen LogP contribution in [0.15, 0.2) is 24.8 Å². The minimum Gasteiger partial charge on any atom is -0.361 e. The Bertz CT molecular complexity index is 709. The quantitative estimate of drug-likeness (QED) is 0.847. The zero-order valence-electron chi connectivity index (χ0n) is 15.2. The molecule has 7 nitrogen and oxygen atoms in total. The lowest BCUT2D eigenvalue weighted by Gasteiger charge is -2.20. The third-order valence-electron chi connectivity index (χ3n) is 4.80. The number of carbonyl (C=O) groups excluding carboxylic acids is 1. The molecule has 0 spiro atoms. The zero-order valence-corrected chi connectivity index (χ0v) is 15.2. The van der Waals surface area contributed by atoms with Gasteiger partial charge in [-0.25, -0.2) is 9.97 Å². The van der Waals surface area contributed by atoms with E-state index in [4.69, 9.17) is 0 Å². The molecule has 0 aromatic carbocycles. The molecule has 2 aromatic heterocycles. The number of hydrogen-bond donors (Lipinski definition) is 0. The van der Waals surface area contributed by atoms with Gasteiger partial charge in [0, 0.05) is 46.6 Å². The van der Waals surface area contributed by atoms with E-state index in [2.05, 4.69) is 15.0 Å². The number of rotatable bonds is 4. The maximum Gasteiger partial charge on any atom is 0.289 e. The van der Waals surface area contributed by atoms with Crippen LogP contribution in [-0.2, 0) is 13.5 Å². The summed E-state index contributed by atoms with van der Waals surface area (Å²) in [6.45, 7) is 1.58. The van der Waals surface area contributed by atoms with Gasteiger partial charge in [-0.15, -0.1) is 0 Å². The smallest absolute Gasteiger partial charge is 0.289 e. The van der Waals surface area contributed by atoms with Crippen molar-refractivity contribution in [2.45, 2.75) is 25.7 Å². The largest absolute Gasteiger partial charge is 0.361 e. The van der Waals surface area contributed by atoms with Gasteiger partial charge < -0.3 is 14.4 Å². The van der Waals surface area contributed by atoms with Crippen LogP contribution >= 0.6 is 0 Å². The molecule has 0 unspecified atom stereocenters. The predicted molar refractivity (Wildman–Crippen MR) is 96.5 cm³/mol. The van der Waals surface area contributed by atoms with Gasteiger partial charge in [0.1, 0.15) is 5.82 Å². The lowest BCUT2D eigenvalue weighted by molar-refractivity contribution is 0.0744. The van der Waals surface area contributed by atoms with Gasteiger partial charge in [-0.1, -0.05) is 0 Å². The first-order valence-corrected chi connectivity index (χ1v) is 8.79. The molecule has 3 heterocycles. The van der Waals surface area contributed by atoms with E-state index in [0.29, 0.717) is 11.7 Å². The number of nitrogens with zero attached hydrogens (tertiary/aromatic N) is 6. The van der Waals surface area contributed by atoms with E-state index >= 15 is 0 Å². The molecule has 0 bridgehead atoms. The van der Waals surface area contributed by atoms with Crippen molar-refractivity contribution in [3.05, 3.63) is 36.3 Å². The van der Waals surface area contributed by atoms with Crippen LogP contribution in [-0.4, -0.2) is 57.5 Å². The summed E-state index contributed by atoms with van der Waals surface area (Å²) in [4.78, 5) is 29.7. The minimum absolute atomic E-state index is 0.0308. The number of aryl methyl sites for hydroxylation is 1. The molecule has 1 saturated heterocycles. The van der Waals surface area contributed by atoms with Gasteiger partial charge in [-0.3, -0.25) is 9.78 Å². The summed E-state index contributed by atoms with van der Waals surface area (Å²) >= 11 is 0. The van der Waals surface area contributed by atoms with Gasteiger partial charge in [0.15, 0.2) is 5.82 Å². The van der Waals surface area contributed by atoms with Crippen LogP contribution in [0.5, 0.6) is 0 Å². The second kappa shape index (κ2) is 7.63. The molecule has 1 aliphatic rings. The highest BCUT2D eigenvalue weighted by molar-refractivity contribution is 5.90. The van der Waals surface area contributed by atoms with Crippen molar-refractivity contribution in [3.63, 3.8) is 0 Å². The fourth-order valence-corrected chi connectivity index (χ4v) is 3.27. The van der Waals surface area contributed by atoms with Gasteiger partial charge in [-0.05, 0) is 31.6 Å². The maximum absolute atomic E-state index is 12.6. The summed E-state index contributed by atoms with van der Waals surface area (Å²) in [6.07, 6.45) is 11.2. The average Bonchev–Trinajstić information content (AvgIpc) is 2.89. The van der Waals surface area contributed by atoms with E-state index in [-0.39, 0.29) is 5.91 Å². The first kappa shape index (κ1) is 17.4. The average molecular weight is 342 g/mol. The number of likely N-dealkylation sites (tertiary alicyclic amines) is 1. The van der Waals surface area contributed by atoms with Gasteiger partial charge in [0.05, 0.1) is 18.1 Å². The fourth-order valence-electron chi connectivity index (χ4n) is 3.27. The van der Waals surface area contributed by atoms with Crippen molar-refractivity contribution in [2.24, 2.45) is 13.0 Å². The molecule has 3 rings (SSSR count). The molecule has 0 aliphatic carbocycles. The summed E-state index contributed by atoms with van der Waals surface area (Å²) in [5.74, 6) is 1.96. The van der Waals surface area contributed by atoms with E-state index in [1.807, 2.05) is 49.5 Å². The van der Waals surface area contributed by atoms with Gasteiger partial charge in [-0.2, -0.15) is 0 Å². The number of amides is 1. The number of hydrogen-bond acceptors (Lipinski definition) is 5. The van der Waals surface area contributed by atoms with Crippen molar-refractivity contribution in [2.75, 3.05) is 32.1 Å². The van der Waals surface area contributed by atoms with Gasteiger partial charge >= 0.3 is 0 Å². The van der Waals surface area contributed by atoms with Crippen molar-refractivity contribution >= 4 is 11.7 Å². The third-order valence-corrected chi connectivity index (χ3v) is 4.80. The van der Waals surface area contributed by atoms with E-state index in [0.717, 1.165) is 50.3 Å². The topological polar surface area (TPSA) is 67.2 Å². The summed E-state index contributed by atoms with van der Waals surface area (Å²) in [5, 5.41) is 0. The molecule has 0 radical (unpaired) electrons. The second-order valence-electron chi connectivity index (χ2n) is 6.92. The van der Waals surface area contributed by atoms with Crippen LogP contribution in [0, 0.1) is 5.92 Å². The van der Waals surface area contributed by atoms with Crippen LogP contribution in [0.3, 0.4) is 0 Å². The fraction of sp³-hybridized carbons (Fsp3) is 0.556. The summed E-state index contributed by atoms with van der Waals surface area (Å²) < 4.78 is 1.78. The first-order valence-electron chi connectivity index (χ1n) is 8.79. The lowest BCUT2D eigenvalue weighted by Crippen LogP contribution is -2.33. The van der Waals surface area contributed by atoms with Crippen LogP contribution in [0.2, 0.25) is 0 Å². The SMILES string of the molecule is CN(C)c1cnc(C[C@@H]2CCCN(C(=O)c3nccn3C)CC2)cn1. The molecule has 1 atom stereocenters. The standard InChI is InChI=1S/C18H26N6O/c1-22(2)16-13-20-15(12-21-16)11-14-5-4-8-24(9-6-14)18(25)17-19-7-10-23(17)3/h7,10,12-14H,4-6,8-9,11H2,1-3H3/t14-/m1/s1. The second-order valence-corrected chi connectivity index (χ2v) is 6.92. The minimum atomic E-state index is 0.0308. The zero-order chi connectivity index (χ0) is 17.8. The monoisotopic (exact) mass is 342 g/mol. The van der Waals surface area contributed by atoms with Crippen LogP contribution in [0.1, 0.15) is 35.6 Å². The third kappa shape index (κ3) is 4.15. The Balaban J connectivity index is 1.58. The Hall–Kier alpha value is -2.44. The predicted octanol–water partition coefficient (Wildman–Crippen LogP) is 1.76. The number of carbonyl (C=O) groups is 1. The Morgan fingerprint density at radius 1 is 1.20 bits per heavy atom. The van der Waals surface area contributed by atoms with Gasteiger partial charge in [0.2, 0.25) is 0 Å². The molecular formula is C18H26N6O. The molecular weight excluding hydrogens is 316 g/mol. The lowest BCUT2D eigenvalue weighted by atomic mass is 9.95. The normalized spacial score (nSPS) is 18.0. The van der Waals surface area contributed by atoms with Crippen LogP contribution in [0.4, 0.5) is 5.82 Å². The molecule has 0 saturated carbocycles. The van der Waals surface area contributed by atoms with Crippen molar-refractivity contribution in [1.82, 2.24) is 24.4 Å². The highest BCUT2D eigenvalue weighted by Crippen LogP contribution is 2.22. The van der Waals surface area contributed by atoms with E-state index < -0.39 is 0 Å². The number of anilines is 1. The van der Waals surface area contributed by atoms with E-state index in [9.17, 15) is 4.79 Å². The number of imidazole rings is 1. The molecule has 25 heavy (non-hydrogen) atoms. The van der Waals surface area contributed by atoms with Crippen molar-refractivity contribution in [3.8, 4) is 0 Å². The van der Waals surface area contributed by atoms with Gasteiger partial charge in [0.25, 0.3) is 5.91 Å². The van der Waals surface area contributed by atoms with Crippen LogP contribution in [0.25, 0.3) is 0 Å². The highest BCUT2D eigenvalue weighted by atomic mass is 16.2. The first-order chi connectivity index (χ1) is 12.0. The number of aromatic nitrogens is 4. The molecule has 1 fully saturated rings. The Morgan fingerprint density at radius 3 is 2.68 bits per heavy atom. The Morgan fingerprint density at radius 2 is 2.04 bits per heavy atom. The molecule has 1 aliphatic heterocycles. The summed E-state index contributed by atoms with van der Waals surface area (Å²) in [7, 11) is 5.78. The van der Waals surface area contributed by atoms with Crippen LogP contribution < -0.4 is 4.90 Å². The van der Waals surface area contributed by atoms with Crippen molar-refractivity contribution in [1.29, 1.82) is 0 Å². The Kier molecular flexibility index (Phi) is 5.31. The summed E-state index contributed by atoms with van der Waals surface area (Å²) in [5.41, 5.74) is 1.03. The molecule has 2 aromatic rings. The van der Waals surface area contributed by atoms with E-state index in [1.165, 1.54) is 0 Å².